The minimum Gasteiger partial charge on any atom is -0.505 e. The van der Waals surface area contributed by atoms with Gasteiger partial charge in [-0.25, -0.2) is 9.78 Å². The highest BCUT2D eigenvalue weighted by atomic mass is 35.5. The van der Waals surface area contributed by atoms with E-state index in [1.807, 2.05) is 18.2 Å². The Hall–Kier alpha value is -3.89. The fourth-order valence-corrected chi connectivity index (χ4v) is 6.76. The molecule has 1 saturated carbocycles. The number of rotatable bonds is 8. The standard InChI is InChI=1S/C30H29ClN4O5S/c1-4-34-28(37)16(2)15-33(30(34)39)12-5-13-35-26(19-9-8-18(40-3)14-21(19)17-6-7-17)32-27-23(29(35)38)20-10-11-22(31)24(36)25(20)41-27/h8-11,14-15,17,36H,4-7,12-13H2,1-3H3. The number of phenolic OH excluding ortho intramolecular Hbond substituents is 1. The summed E-state index contributed by atoms with van der Waals surface area (Å²) in [7, 11) is 1.63. The molecule has 0 bridgehead atoms. The number of thiophene rings is 1. The lowest BCUT2D eigenvalue weighted by Crippen LogP contribution is -2.40. The molecule has 0 radical (unpaired) electrons. The minimum atomic E-state index is -0.369. The maximum atomic E-state index is 14.2. The van der Waals surface area contributed by atoms with E-state index in [1.54, 1.807) is 43.9 Å². The molecule has 3 heterocycles. The molecule has 0 atom stereocenters. The summed E-state index contributed by atoms with van der Waals surface area (Å²) < 4.78 is 10.4. The van der Waals surface area contributed by atoms with Crippen molar-refractivity contribution >= 4 is 43.2 Å². The van der Waals surface area contributed by atoms with E-state index in [4.69, 9.17) is 21.3 Å². The van der Waals surface area contributed by atoms with Crippen molar-refractivity contribution in [1.82, 2.24) is 18.7 Å². The van der Waals surface area contributed by atoms with E-state index >= 15 is 0 Å². The molecule has 1 aliphatic carbocycles. The van der Waals surface area contributed by atoms with Crippen LogP contribution in [0, 0.1) is 6.92 Å². The van der Waals surface area contributed by atoms with E-state index in [-0.39, 0.29) is 34.1 Å². The van der Waals surface area contributed by atoms with Crippen LogP contribution in [0.3, 0.4) is 0 Å². The van der Waals surface area contributed by atoms with E-state index in [0.29, 0.717) is 57.1 Å². The van der Waals surface area contributed by atoms with Gasteiger partial charge in [-0.2, -0.15) is 0 Å². The van der Waals surface area contributed by atoms with Crippen molar-refractivity contribution in [1.29, 1.82) is 0 Å². The van der Waals surface area contributed by atoms with Gasteiger partial charge in [0, 0.05) is 42.3 Å². The van der Waals surface area contributed by atoms with Gasteiger partial charge in [0.2, 0.25) is 0 Å². The van der Waals surface area contributed by atoms with Gasteiger partial charge in [-0.05, 0) is 68.9 Å². The summed E-state index contributed by atoms with van der Waals surface area (Å²) in [5.41, 5.74) is 1.55. The Labute approximate surface area is 243 Å². The highest BCUT2D eigenvalue weighted by Crippen LogP contribution is 2.46. The van der Waals surface area contributed by atoms with Gasteiger partial charge >= 0.3 is 5.69 Å². The molecule has 5 aromatic rings. The van der Waals surface area contributed by atoms with Crippen LogP contribution in [-0.4, -0.2) is 30.9 Å². The Morgan fingerprint density at radius 1 is 1.10 bits per heavy atom. The second-order valence-corrected chi connectivity index (χ2v) is 11.8. The van der Waals surface area contributed by atoms with E-state index in [1.165, 1.54) is 20.5 Å². The molecule has 0 spiro atoms. The Kier molecular flexibility index (Phi) is 6.99. The number of halogens is 1. The summed E-state index contributed by atoms with van der Waals surface area (Å²) in [5.74, 6) is 1.57. The molecular formula is C30H29ClN4O5S. The zero-order valence-electron chi connectivity index (χ0n) is 22.9. The van der Waals surface area contributed by atoms with Gasteiger partial charge in [-0.15, -0.1) is 11.3 Å². The maximum absolute atomic E-state index is 14.2. The SMILES string of the molecule is CCn1c(=O)c(C)cn(CCCn2c(-c3ccc(OC)cc3C3CC3)nc3sc4c(O)c(Cl)ccc4c3c2=O)c1=O. The van der Waals surface area contributed by atoms with Crippen LogP contribution >= 0.6 is 22.9 Å². The molecule has 1 fully saturated rings. The molecule has 41 heavy (non-hydrogen) atoms. The number of fused-ring (bicyclic) bond motifs is 3. The monoisotopic (exact) mass is 592 g/mol. The first-order chi connectivity index (χ1) is 19.7. The smallest absolute Gasteiger partial charge is 0.330 e. The molecule has 0 saturated heterocycles. The van der Waals surface area contributed by atoms with Crippen LogP contribution in [-0.2, 0) is 19.6 Å². The van der Waals surface area contributed by atoms with Crippen LogP contribution < -0.4 is 21.5 Å². The first-order valence-corrected chi connectivity index (χ1v) is 14.8. The molecule has 3 aromatic heterocycles. The maximum Gasteiger partial charge on any atom is 0.330 e. The zero-order valence-corrected chi connectivity index (χ0v) is 24.5. The third kappa shape index (κ3) is 4.64. The first kappa shape index (κ1) is 27.3. The van der Waals surface area contributed by atoms with Gasteiger partial charge in [0.1, 0.15) is 16.4 Å². The summed E-state index contributed by atoms with van der Waals surface area (Å²) >= 11 is 7.42. The highest BCUT2D eigenvalue weighted by Gasteiger charge is 2.29. The van der Waals surface area contributed by atoms with Crippen LogP contribution in [0.2, 0.25) is 5.02 Å². The summed E-state index contributed by atoms with van der Waals surface area (Å²) in [6.45, 7) is 4.36. The molecule has 1 N–H and O–H groups in total. The van der Waals surface area contributed by atoms with Crippen molar-refractivity contribution in [3.63, 3.8) is 0 Å². The predicted octanol–water partition coefficient (Wildman–Crippen LogP) is 5.27. The number of nitrogens with zero attached hydrogens (tertiary/aromatic N) is 4. The molecule has 2 aromatic carbocycles. The molecule has 9 nitrogen and oxygen atoms in total. The molecule has 1 aliphatic rings. The second kappa shape index (κ2) is 10.5. The normalized spacial score (nSPS) is 13.4. The Morgan fingerprint density at radius 3 is 2.59 bits per heavy atom. The molecule has 0 unspecified atom stereocenters. The van der Waals surface area contributed by atoms with Crippen molar-refractivity contribution in [3.8, 4) is 22.9 Å². The first-order valence-electron chi connectivity index (χ1n) is 13.6. The fourth-order valence-electron chi connectivity index (χ4n) is 5.44. The lowest BCUT2D eigenvalue weighted by atomic mass is 10.0. The van der Waals surface area contributed by atoms with Crippen molar-refractivity contribution in [2.24, 2.45) is 0 Å². The number of benzene rings is 2. The third-order valence-corrected chi connectivity index (χ3v) is 9.12. The number of methoxy groups -OCH3 is 1. The highest BCUT2D eigenvalue weighted by molar-refractivity contribution is 7.25. The number of aromatic nitrogens is 4. The molecule has 0 amide bonds. The van der Waals surface area contributed by atoms with Gasteiger partial charge in [0.05, 0.1) is 22.2 Å². The van der Waals surface area contributed by atoms with Gasteiger partial charge < -0.3 is 14.4 Å². The van der Waals surface area contributed by atoms with Crippen molar-refractivity contribution in [3.05, 3.63) is 83.9 Å². The Balaban J connectivity index is 1.51. The van der Waals surface area contributed by atoms with Gasteiger partial charge in [-0.3, -0.25) is 18.7 Å². The van der Waals surface area contributed by atoms with Gasteiger partial charge in [0.25, 0.3) is 11.1 Å². The average Bonchev–Trinajstić information content (AvgIpc) is 3.75. The number of phenols is 1. The number of ether oxygens (including phenoxy) is 1. The second-order valence-electron chi connectivity index (χ2n) is 10.4. The molecule has 0 aliphatic heterocycles. The largest absolute Gasteiger partial charge is 0.505 e. The van der Waals surface area contributed by atoms with Crippen molar-refractivity contribution in [2.75, 3.05) is 7.11 Å². The van der Waals surface area contributed by atoms with E-state index in [0.717, 1.165) is 29.7 Å². The Bertz CT molecular complexity index is 2020. The number of aromatic hydroxyl groups is 1. The van der Waals surface area contributed by atoms with Gasteiger partial charge in [0.15, 0.2) is 5.75 Å². The van der Waals surface area contributed by atoms with E-state index in [2.05, 4.69) is 0 Å². The van der Waals surface area contributed by atoms with Gasteiger partial charge in [-0.1, -0.05) is 17.7 Å². The molecule has 11 heteroatoms. The molecule has 6 rings (SSSR count). The zero-order chi connectivity index (χ0) is 29.0. The fraction of sp³-hybridized carbons (Fsp3) is 0.333. The molecular weight excluding hydrogens is 564 g/mol. The van der Waals surface area contributed by atoms with Crippen LogP contribution in [0.1, 0.15) is 43.2 Å². The van der Waals surface area contributed by atoms with Crippen LogP contribution in [0.4, 0.5) is 0 Å². The molecule has 212 valence electrons. The van der Waals surface area contributed by atoms with Crippen molar-refractivity contribution < 1.29 is 9.84 Å². The van der Waals surface area contributed by atoms with E-state index < -0.39 is 0 Å². The summed E-state index contributed by atoms with van der Waals surface area (Å²) in [5, 5.41) is 11.9. The summed E-state index contributed by atoms with van der Waals surface area (Å²) in [6, 6.07) is 9.15. The summed E-state index contributed by atoms with van der Waals surface area (Å²) in [6.07, 6.45) is 4.14. The third-order valence-electron chi connectivity index (χ3n) is 7.71. The van der Waals surface area contributed by atoms with Crippen LogP contribution in [0.5, 0.6) is 11.5 Å². The minimum absolute atomic E-state index is 0.0661. The quantitative estimate of drug-likeness (QED) is 0.263. The average molecular weight is 593 g/mol. The summed E-state index contributed by atoms with van der Waals surface area (Å²) in [4.78, 5) is 45.0. The lowest BCUT2D eigenvalue weighted by Gasteiger charge is -2.17. The topological polar surface area (TPSA) is 108 Å². The lowest BCUT2D eigenvalue weighted by molar-refractivity contribution is 0.414. The Morgan fingerprint density at radius 2 is 1.88 bits per heavy atom. The van der Waals surface area contributed by atoms with Crippen molar-refractivity contribution in [2.45, 2.75) is 58.7 Å². The number of aryl methyl sites for hydroxylation is 2. The number of hydrogen-bond donors (Lipinski definition) is 1. The van der Waals surface area contributed by atoms with Crippen LogP contribution in [0.15, 0.2) is 50.9 Å². The van der Waals surface area contributed by atoms with E-state index in [9.17, 15) is 19.5 Å². The van der Waals surface area contributed by atoms with Crippen LogP contribution in [0.25, 0.3) is 31.7 Å². The predicted molar refractivity (Wildman–Crippen MR) is 162 cm³/mol. The number of hydrogen-bond acceptors (Lipinski definition) is 7.